The van der Waals surface area contributed by atoms with Crippen molar-refractivity contribution in [2.24, 2.45) is 0 Å². The maximum absolute atomic E-state index is 12.5. The van der Waals surface area contributed by atoms with Crippen LogP contribution in [0.1, 0.15) is 26.7 Å². The normalized spacial score (nSPS) is 45.3. The van der Waals surface area contributed by atoms with Gasteiger partial charge in [-0.2, -0.15) is 0 Å². The van der Waals surface area contributed by atoms with E-state index in [0.717, 1.165) is 6.92 Å². The Hall–Kier alpha value is -1.62. The van der Waals surface area contributed by atoms with Gasteiger partial charge < -0.3 is 80.1 Å². The molecule has 3 heterocycles. The number of carbonyl (C=O) groups excluding carboxylic acids is 1. The second-order valence-corrected chi connectivity index (χ2v) is 10.7. The first-order valence-electron chi connectivity index (χ1n) is 13.4. The smallest absolute Gasteiger partial charge is 0.364 e. The van der Waals surface area contributed by atoms with Gasteiger partial charge in [0.2, 0.25) is 5.91 Å². The Balaban J connectivity index is 1.91. The number of aliphatic hydroxyl groups is 9. The Labute approximate surface area is 239 Å². The molecule has 3 aliphatic heterocycles. The number of rotatable bonds is 11. The number of amides is 1. The van der Waals surface area contributed by atoms with Crippen LogP contribution in [0.5, 0.6) is 0 Å². The molecule has 0 aromatic carbocycles. The van der Waals surface area contributed by atoms with Crippen LogP contribution in [0, 0.1) is 0 Å². The molecule has 3 rings (SSSR count). The van der Waals surface area contributed by atoms with Gasteiger partial charge in [-0.05, 0) is 6.92 Å². The number of carboxylic acid groups (broad SMARTS) is 1. The summed E-state index contributed by atoms with van der Waals surface area (Å²) in [5, 5.41) is 105. The minimum atomic E-state index is -2.81. The molecule has 244 valence electrons. The average Bonchev–Trinajstić information content (AvgIpc) is 2.93. The minimum Gasteiger partial charge on any atom is -0.477 e. The maximum Gasteiger partial charge on any atom is 0.364 e. The third kappa shape index (κ3) is 7.36. The van der Waals surface area contributed by atoms with E-state index >= 15 is 0 Å². The van der Waals surface area contributed by atoms with E-state index in [1.54, 1.807) is 0 Å². The highest BCUT2D eigenvalue weighted by atomic mass is 16.8. The highest BCUT2D eigenvalue weighted by Gasteiger charge is 2.58. The highest BCUT2D eigenvalue weighted by Crippen LogP contribution is 2.38. The quantitative estimate of drug-likeness (QED) is 0.103. The van der Waals surface area contributed by atoms with Crippen molar-refractivity contribution in [3.63, 3.8) is 0 Å². The fourth-order valence-electron chi connectivity index (χ4n) is 5.36. The Bertz CT molecular complexity index is 910. The predicted molar refractivity (Wildman–Crippen MR) is 132 cm³/mol. The summed E-state index contributed by atoms with van der Waals surface area (Å²) in [5.41, 5.74) is 0. The number of nitrogens with one attached hydrogen (secondary N) is 1. The van der Waals surface area contributed by atoms with E-state index in [2.05, 4.69) is 5.32 Å². The lowest BCUT2D eigenvalue weighted by molar-refractivity contribution is -0.378. The maximum atomic E-state index is 12.5. The van der Waals surface area contributed by atoms with Crippen molar-refractivity contribution in [2.45, 2.75) is 118 Å². The van der Waals surface area contributed by atoms with Crippen molar-refractivity contribution in [3.8, 4) is 0 Å². The first-order valence-corrected chi connectivity index (χ1v) is 13.4. The van der Waals surface area contributed by atoms with Crippen LogP contribution in [0.2, 0.25) is 0 Å². The molecule has 12 unspecified atom stereocenters. The molecule has 0 spiro atoms. The van der Waals surface area contributed by atoms with Gasteiger partial charge in [0, 0.05) is 19.8 Å². The molecule has 3 fully saturated rings. The zero-order valence-corrected chi connectivity index (χ0v) is 22.9. The largest absolute Gasteiger partial charge is 0.477 e. The topological polar surface area (TPSA) is 295 Å². The van der Waals surface area contributed by atoms with Gasteiger partial charge in [-0.3, -0.25) is 4.79 Å². The summed E-state index contributed by atoms with van der Waals surface area (Å²) in [4.78, 5) is 24.3. The molecule has 0 aromatic rings. The molecular weight excluding hydrogens is 574 g/mol. The van der Waals surface area contributed by atoms with Crippen LogP contribution in [0.4, 0.5) is 0 Å². The molecule has 0 saturated carbocycles. The average molecular weight is 616 g/mol. The highest BCUT2D eigenvalue weighted by molar-refractivity contribution is 5.76. The molecule has 15 atom stereocenters. The summed E-state index contributed by atoms with van der Waals surface area (Å²) in [5.74, 6) is -5.26. The second-order valence-electron chi connectivity index (χ2n) is 10.7. The van der Waals surface area contributed by atoms with Gasteiger partial charge in [-0.15, -0.1) is 0 Å². The van der Waals surface area contributed by atoms with E-state index in [4.69, 9.17) is 23.7 Å². The Morgan fingerprint density at radius 2 is 1.57 bits per heavy atom. The lowest BCUT2D eigenvalue weighted by atomic mass is 9.89. The summed E-state index contributed by atoms with van der Waals surface area (Å²) < 4.78 is 27.8. The zero-order chi connectivity index (χ0) is 31.5. The number of aliphatic hydroxyl groups excluding tert-OH is 9. The molecule has 0 bridgehead atoms. The van der Waals surface area contributed by atoms with E-state index in [1.165, 1.54) is 6.92 Å². The molecule has 3 saturated heterocycles. The first-order chi connectivity index (χ1) is 19.7. The van der Waals surface area contributed by atoms with E-state index in [0.29, 0.717) is 0 Å². The minimum absolute atomic E-state index is 0.469. The van der Waals surface area contributed by atoms with E-state index in [1.807, 2.05) is 0 Å². The molecule has 11 N–H and O–H groups in total. The van der Waals surface area contributed by atoms with Crippen molar-refractivity contribution in [3.05, 3.63) is 0 Å². The number of carbonyl (C=O) groups is 2. The van der Waals surface area contributed by atoms with E-state index < -0.39 is 136 Å². The van der Waals surface area contributed by atoms with Gasteiger partial charge >= 0.3 is 5.97 Å². The van der Waals surface area contributed by atoms with Crippen molar-refractivity contribution in [1.29, 1.82) is 0 Å². The van der Waals surface area contributed by atoms with Crippen LogP contribution >= 0.6 is 0 Å². The van der Waals surface area contributed by atoms with Gasteiger partial charge in [0.1, 0.15) is 48.8 Å². The standard InChI is InChI=1S/C24H41NO17/c1-8-16(32)18(34)20(14(7-28)38-8)40-22-19(35)21(17(33)13(6-27)39-22)42-24(23(36)37)4-11(31)15(25-9(2)29)12(41-24)3-10(30)5-26/h8,10-22,26-28,30-35H,3-7H2,1-2H3,(H,25,29)(H,36,37)/t8?,10-,11+,12?,13?,14?,15?,16?,17?,18?,19?,20?,21?,22?,24-/m0/s1. The van der Waals surface area contributed by atoms with Crippen LogP contribution in [-0.4, -0.2) is 174 Å². The number of ether oxygens (including phenoxy) is 5. The third-order valence-electron chi connectivity index (χ3n) is 7.59. The van der Waals surface area contributed by atoms with Gasteiger partial charge in [0.15, 0.2) is 6.29 Å². The predicted octanol–water partition coefficient (Wildman–Crippen LogP) is -6.12. The monoisotopic (exact) mass is 615 g/mol. The van der Waals surface area contributed by atoms with Crippen molar-refractivity contribution in [1.82, 2.24) is 5.32 Å². The summed E-state index contributed by atoms with van der Waals surface area (Å²) in [6, 6.07) is -1.25. The van der Waals surface area contributed by atoms with Gasteiger partial charge in [-0.1, -0.05) is 0 Å². The van der Waals surface area contributed by atoms with Crippen LogP contribution in [0.3, 0.4) is 0 Å². The Kier molecular flexibility index (Phi) is 12.0. The van der Waals surface area contributed by atoms with E-state index in [9.17, 15) is 60.7 Å². The van der Waals surface area contributed by atoms with Crippen molar-refractivity contribution < 1.29 is 84.3 Å². The molecule has 0 aromatic heterocycles. The number of carboxylic acids is 1. The van der Waals surface area contributed by atoms with Gasteiger partial charge in [0.25, 0.3) is 5.79 Å². The Morgan fingerprint density at radius 3 is 2.12 bits per heavy atom. The third-order valence-corrected chi connectivity index (χ3v) is 7.59. The molecule has 1 amide bonds. The summed E-state index contributed by atoms with van der Waals surface area (Å²) >= 11 is 0. The molecule has 18 heteroatoms. The zero-order valence-electron chi connectivity index (χ0n) is 22.9. The lowest BCUT2D eigenvalue weighted by Gasteiger charge is -2.50. The molecule has 3 aliphatic rings. The molecule has 42 heavy (non-hydrogen) atoms. The van der Waals surface area contributed by atoms with Crippen molar-refractivity contribution >= 4 is 11.9 Å². The summed E-state index contributed by atoms with van der Waals surface area (Å²) in [6.45, 7) is 0.226. The van der Waals surface area contributed by atoms with Crippen molar-refractivity contribution in [2.75, 3.05) is 19.8 Å². The molecule has 0 radical (unpaired) electrons. The number of hydrogen-bond acceptors (Lipinski definition) is 16. The van der Waals surface area contributed by atoms with Crippen LogP contribution < -0.4 is 5.32 Å². The van der Waals surface area contributed by atoms with Crippen LogP contribution in [0.15, 0.2) is 0 Å². The Morgan fingerprint density at radius 1 is 0.929 bits per heavy atom. The fraction of sp³-hybridized carbons (Fsp3) is 0.917. The molecule has 0 aliphatic carbocycles. The van der Waals surface area contributed by atoms with Gasteiger partial charge in [0.05, 0.1) is 50.3 Å². The summed E-state index contributed by atoms with van der Waals surface area (Å²) in [7, 11) is 0. The van der Waals surface area contributed by atoms with Crippen LogP contribution in [0.25, 0.3) is 0 Å². The second kappa shape index (κ2) is 14.4. The molecule has 18 nitrogen and oxygen atoms in total. The fourth-order valence-corrected chi connectivity index (χ4v) is 5.36. The number of hydrogen-bond donors (Lipinski definition) is 11. The summed E-state index contributed by atoms with van der Waals surface area (Å²) in [6.07, 6.45) is -22.0. The first kappa shape index (κ1) is 34.9. The van der Waals surface area contributed by atoms with E-state index in [-0.39, 0.29) is 0 Å². The number of aliphatic carboxylic acids is 1. The molecular formula is C24H41NO17. The van der Waals surface area contributed by atoms with Crippen LogP contribution in [-0.2, 0) is 33.3 Å². The SMILES string of the molecule is CC(=O)NC1C(C[C@H](O)CO)O[C@@](OC2C(O)C(CO)OC(OC3C(CO)OC(C)C(O)C3O)C2O)(C(=O)O)C[C@H]1O. The lowest BCUT2D eigenvalue weighted by Crippen LogP contribution is -2.69. The van der Waals surface area contributed by atoms with Gasteiger partial charge in [-0.25, -0.2) is 4.79 Å².